The number of morpholine rings is 1. The van der Waals surface area contributed by atoms with Crippen LogP contribution in [0.2, 0.25) is 0 Å². The first-order valence-electron chi connectivity index (χ1n) is 10.5. The summed E-state index contributed by atoms with van der Waals surface area (Å²) in [6, 6.07) is 18.1. The molecule has 6 nitrogen and oxygen atoms in total. The summed E-state index contributed by atoms with van der Waals surface area (Å²) in [6.45, 7) is 4.13. The molecule has 1 aromatic heterocycles. The fourth-order valence-corrected chi connectivity index (χ4v) is 4.18. The first-order valence-corrected chi connectivity index (χ1v) is 10.5. The third-order valence-electron chi connectivity index (χ3n) is 5.74. The molecule has 3 aromatic rings. The number of carbonyl (C=O) groups excluding carboxylic acids is 1. The van der Waals surface area contributed by atoms with Crippen molar-refractivity contribution in [2.24, 2.45) is 0 Å². The minimum absolute atomic E-state index is 0.0513. The summed E-state index contributed by atoms with van der Waals surface area (Å²) in [5, 5.41) is 0. The van der Waals surface area contributed by atoms with Crippen LogP contribution in [0.3, 0.4) is 0 Å². The number of benzene rings is 2. The smallest absolute Gasteiger partial charge is 0.256 e. The summed E-state index contributed by atoms with van der Waals surface area (Å²) in [5.74, 6) is 1.68. The second-order valence-electron chi connectivity index (χ2n) is 7.73. The van der Waals surface area contributed by atoms with Gasteiger partial charge in [0.2, 0.25) is 0 Å². The van der Waals surface area contributed by atoms with Gasteiger partial charge >= 0.3 is 0 Å². The number of aromatic nitrogens is 1. The number of nitrogens with zero attached hydrogens (tertiary/aromatic N) is 3. The highest BCUT2D eigenvalue weighted by Gasteiger charge is 2.28. The molecule has 5 rings (SSSR count). The second kappa shape index (κ2) is 8.32. The third kappa shape index (κ3) is 3.83. The summed E-state index contributed by atoms with van der Waals surface area (Å²) in [7, 11) is 0. The number of hydrogen-bond donors (Lipinski definition) is 0. The Labute approximate surface area is 176 Å². The maximum atomic E-state index is 13.4. The van der Waals surface area contributed by atoms with E-state index in [2.05, 4.69) is 17.0 Å². The Hall–Kier alpha value is -3.12. The number of rotatable bonds is 4. The van der Waals surface area contributed by atoms with Crippen molar-refractivity contribution >= 4 is 11.6 Å². The Kier molecular flexibility index (Phi) is 5.24. The van der Waals surface area contributed by atoms with Gasteiger partial charge in [-0.2, -0.15) is 0 Å². The van der Waals surface area contributed by atoms with Gasteiger partial charge in [0, 0.05) is 38.2 Å². The molecule has 0 aliphatic carbocycles. The lowest BCUT2D eigenvalue weighted by atomic mass is 10.1. The number of fused-ring (bicyclic) bond motifs is 1. The fraction of sp³-hybridized carbons (Fsp3) is 0.333. The van der Waals surface area contributed by atoms with Gasteiger partial charge in [0.1, 0.15) is 11.5 Å². The first-order chi connectivity index (χ1) is 14.8. The SMILES string of the molecule is O=C(c1ccccc1N1CCOCC1)N1CCc2oc(Cc3ccccc3)nc2C1. The topological polar surface area (TPSA) is 58.8 Å². The fourth-order valence-electron chi connectivity index (χ4n) is 4.18. The van der Waals surface area contributed by atoms with Crippen molar-refractivity contribution < 1.29 is 13.9 Å². The van der Waals surface area contributed by atoms with Crippen molar-refractivity contribution in [3.8, 4) is 0 Å². The van der Waals surface area contributed by atoms with Gasteiger partial charge in [-0.3, -0.25) is 4.79 Å². The zero-order chi connectivity index (χ0) is 20.3. The molecule has 0 atom stereocenters. The third-order valence-corrected chi connectivity index (χ3v) is 5.74. The van der Waals surface area contributed by atoms with Gasteiger partial charge in [-0.1, -0.05) is 42.5 Å². The number of ether oxygens (including phenoxy) is 1. The van der Waals surface area contributed by atoms with Crippen molar-refractivity contribution in [3.63, 3.8) is 0 Å². The van der Waals surface area contributed by atoms with Crippen LogP contribution < -0.4 is 4.90 Å². The predicted octanol–water partition coefficient (Wildman–Crippen LogP) is 3.30. The van der Waals surface area contributed by atoms with Crippen LogP contribution in [0.4, 0.5) is 5.69 Å². The maximum Gasteiger partial charge on any atom is 0.256 e. The van der Waals surface area contributed by atoms with E-state index >= 15 is 0 Å². The van der Waals surface area contributed by atoms with Gasteiger partial charge in [0.05, 0.1) is 25.3 Å². The Bertz CT molecular complexity index is 1030. The van der Waals surface area contributed by atoms with Crippen molar-refractivity contribution in [3.05, 3.63) is 83.1 Å². The highest BCUT2D eigenvalue weighted by Crippen LogP contribution is 2.27. The van der Waals surface area contributed by atoms with E-state index in [1.807, 2.05) is 47.4 Å². The molecule has 1 fully saturated rings. The molecule has 154 valence electrons. The van der Waals surface area contributed by atoms with Gasteiger partial charge in [0.15, 0.2) is 5.89 Å². The van der Waals surface area contributed by atoms with E-state index in [-0.39, 0.29) is 5.91 Å². The first kappa shape index (κ1) is 18.9. The van der Waals surface area contributed by atoms with Gasteiger partial charge in [-0.25, -0.2) is 4.98 Å². The number of oxazole rings is 1. The molecule has 2 aromatic carbocycles. The molecule has 0 bridgehead atoms. The van der Waals surface area contributed by atoms with Crippen molar-refractivity contribution in [2.45, 2.75) is 19.4 Å². The summed E-state index contributed by atoms with van der Waals surface area (Å²) < 4.78 is 11.5. The number of para-hydroxylation sites is 1. The standard InChI is InChI=1S/C24H25N3O3/c28-24(19-8-4-5-9-21(19)26-12-14-29-15-13-26)27-11-10-22-20(17-27)25-23(30-22)16-18-6-2-1-3-7-18/h1-9H,10-17H2. The lowest BCUT2D eigenvalue weighted by molar-refractivity contribution is 0.0727. The van der Waals surface area contributed by atoms with E-state index in [9.17, 15) is 4.79 Å². The van der Waals surface area contributed by atoms with Crippen molar-refractivity contribution in [1.29, 1.82) is 0 Å². The lowest BCUT2D eigenvalue weighted by Gasteiger charge is -2.32. The Balaban J connectivity index is 1.33. The van der Waals surface area contributed by atoms with Crippen LogP contribution in [0, 0.1) is 0 Å². The molecular weight excluding hydrogens is 378 g/mol. The predicted molar refractivity (Wildman–Crippen MR) is 114 cm³/mol. The molecule has 0 saturated carbocycles. The van der Waals surface area contributed by atoms with E-state index in [0.29, 0.717) is 45.0 Å². The molecule has 2 aliphatic heterocycles. The van der Waals surface area contributed by atoms with E-state index < -0.39 is 0 Å². The zero-order valence-electron chi connectivity index (χ0n) is 16.9. The molecular formula is C24H25N3O3. The normalized spacial score (nSPS) is 16.4. The average molecular weight is 403 g/mol. The van der Waals surface area contributed by atoms with E-state index in [4.69, 9.17) is 14.1 Å². The molecule has 1 saturated heterocycles. The van der Waals surface area contributed by atoms with Gasteiger partial charge < -0.3 is 19.0 Å². The van der Waals surface area contributed by atoms with Crippen molar-refractivity contribution in [1.82, 2.24) is 9.88 Å². The lowest BCUT2D eigenvalue weighted by Crippen LogP contribution is -2.39. The van der Waals surface area contributed by atoms with Gasteiger partial charge in [-0.05, 0) is 17.7 Å². The van der Waals surface area contributed by atoms with Crippen LogP contribution >= 0.6 is 0 Å². The van der Waals surface area contributed by atoms with E-state index in [1.54, 1.807) is 0 Å². The largest absolute Gasteiger partial charge is 0.445 e. The number of amides is 1. The molecule has 3 heterocycles. The maximum absolute atomic E-state index is 13.4. The monoisotopic (exact) mass is 403 g/mol. The molecule has 2 aliphatic rings. The van der Waals surface area contributed by atoms with Crippen LogP contribution in [-0.4, -0.2) is 48.6 Å². The van der Waals surface area contributed by atoms with E-state index in [0.717, 1.165) is 35.8 Å². The second-order valence-corrected chi connectivity index (χ2v) is 7.73. The number of anilines is 1. The van der Waals surface area contributed by atoms with Crippen LogP contribution in [-0.2, 0) is 24.1 Å². The molecule has 0 spiro atoms. The highest BCUT2D eigenvalue weighted by atomic mass is 16.5. The van der Waals surface area contributed by atoms with Crippen LogP contribution in [0.1, 0.15) is 33.3 Å². The Morgan fingerprint density at radius 3 is 2.57 bits per heavy atom. The van der Waals surface area contributed by atoms with Crippen LogP contribution in [0.5, 0.6) is 0 Å². The molecule has 0 unspecified atom stereocenters. The minimum atomic E-state index is 0.0513. The highest BCUT2D eigenvalue weighted by molar-refractivity contribution is 6.00. The van der Waals surface area contributed by atoms with Gasteiger partial charge in [0.25, 0.3) is 5.91 Å². The number of carbonyl (C=O) groups is 1. The van der Waals surface area contributed by atoms with Crippen LogP contribution in [0.15, 0.2) is 59.0 Å². The average Bonchev–Trinajstić information content (AvgIpc) is 3.21. The minimum Gasteiger partial charge on any atom is -0.445 e. The van der Waals surface area contributed by atoms with Gasteiger partial charge in [-0.15, -0.1) is 0 Å². The summed E-state index contributed by atoms with van der Waals surface area (Å²) in [6.07, 6.45) is 1.37. The zero-order valence-corrected chi connectivity index (χ0v) is 16.9. The quantitative estimate of drug-likeness (QED) is 0.669. The number of hydrogen-bond acceptors (Lipinski definition) is 5. The Morgan fingerprint density at radius 1 is 0.967 bits per heavy atom. The summed E-state index contributed by atoms with van der Waals surface area (Å²) in [4.78, 5) is 22.2. The van der Waals surface area contributed by atoms with E-state index in [1.165, 1.54) is 5.56 Å². The van der Waals surface area contributed by atoms with Crippen molar-refractivity contribution in [2.75, 3.05) is 37.7 Å². The molecule has 30 heavy (non-hydrogen) atoms. The van der Waals surface area contributed by atoms with Crippen LogP contribution in [0.25, 0.3) is 0 Å². The molecule has 1 amide bonds. The summed E-state index contributed by atoms with van der Waals surface area (Å²) >= 11 is 0. The molecule has 6 heteroatoms. The molecule has 0 N–H and O–H groups in total. The molecule has 0 radical (unpaired) electrons. The summed E-state index contributed by atoms with van der Waals surface area (Å²) in [5.41, 5.74) is 3.78. The Morgan fingerprint density at radius 2 is 1.73 bits per heavy atom.